The van der Waals surface area contributed by atoms with Crippen molar-refractivity contribution < 1.29 is 26.3 Å². The molecule has 4 nitrogen and oxygen atoms in total. The number of rotatable bonds is 2. The van der Waals surface area contributed by atoms with Gasteiger partial charge in [-0.2, -0.15) is 0 Å². The van der Waals surface area contributed by atoms with Crippen LogP contribution in [0.1, 0.15) is 18.7 Å². The molecule has 0 aromatic carbocycles. The van der Waals surface area contributed by atoms with Gasteiger partial charge in [0.1, 0.15) is 18.8 Å². The number of carbonyl (C=O) groups is 1. The van der Waals surface area contributed by atoms with Gasteiger partial charge >= 0.3 is 0 Å². The summed E-state index contributed by atoms with van der Waals surface area (Å²) < 4.78 is 1.95. The summed E-state index contributed by atoms with van der Waals surface area (Å²) in [4.78, 5) is 16.8. The van der Waals surface area contributed by atoms with Crippen molar-refractivity contribution in [3.8, 4) is 0 Å². The Labute approximate surface area is 100 Å². The van der Waals surface area contributed by atoms with Gasteiger partial charge in [0.25, 0.3) is 5.82 Å². The highest BCUT2D eigenvalue weighted by Gasteiger charge is 2.21. The summed E-state index contributed by atoms with van der Waals surface area (Å²) in [6.45, 7) is 1.87. The van der Waals surface area contributed by atoms with Gasteiger partial charge in [-0.05, 0) is 12.8 Å². The number of amides is 1. The van der Waals surface area contributed by atoms with Gasteiger partial charge in [0.05, 0.1) is 7.05 Å². The number of aromatic nitrogens is 2. The third-order valence-corrected chi connectivity index (χ3v) is 2.75. The number of imidazole rings is 1. The number of hydrogen-bond acceptors (Lipinski definition) is 1. The molecule has 1 aromatic heterocycles. The van der Waals surface area contributed by atoms with Crippen molar-refractivity contribution >= 4 is 5.91 Å². The molecule has 1 fully saturated rings. The maximum atomic E-state index is 11.8. The Morgan fingerprint density at radius 1 is 1.53 bits per heavy atom. The van der Waals surface area contributed by atoms with Crippen molar-refractivity contribution in [2.75, 3.05) is 13.1 Å². The Balaban J connectivity index is 0.00000112. The molecule has 0 aliphatic carbocycles. The van der Waals surface area contributed by atoms with Crippen LogP contribution in [-0.2, 0) is 18.3 Å². The van der Waals surface area contributed by atoms with Crippen LogP contribution in [0.5, 0.6) is 0 Å². The number of hydrogen-bond donors (Lipinski definition) is 1. The average molecular weight is 274 g/mol. The second-order valence-electron chi connectivity index (χ2n) is 3.78. The van der Waals surface area contributed by atoms with Crippen LogP contribution in [0.15, 0.2) is 12.4 Å². The van der Waals surface area contributed by atoms with Gasteiger partial charge in [-0.1, -0.05) is 0 Å². The first-order valence-corrected chi connectivity index (χ1v) is 5.07. The van der Waals surface area contributed by atoms with E-state index in [2.05, 4.69) is 4.98 Å². The zero-order valence-electron chi connectivity index (χ0n) is 8.87. The van der Waals surface area contributed by atoms with Gasteiger partial charge < -0.3 is 21.9 Å². The van der Waals surface area contributed by atoms with E-state index in [0.29, 0.717) is 6.42 Å². The molecular formula is C10H16BrN3O. The van der Waals surface area contributed by atoms with E-state index in [1.54, 1.807) is 0 Å². The zero-order valence-corrected chi connectivity index (χ0v) is 10.5. The Kier molecular flexibility index (Phi) is 4.32. The normalized spacial score (nSPS) is 15.1. The van der Waals surface area contributed by atoms with E-state index in [1.165, 1.54) is 0 Å². The third-order valence-electron chi connectivity index (χ3n) is 2.75. The molecule has 0 spiro atoms. The molecule has 1 aromatic rings. The molecule has 0 atom stereocenters. The lowest BCUT2D eigenvalue weighted by atomic mass is 10.3. The summed E-state index contributed by atoms with van der Waals surface area (Å²) in [6.07, 6.45) is 6.58. The van der Waals surface area contributed by atoms with Gasteiger partial charge in [0, 0.05) is 13.1 Å². The van der Waals surface area contributed by atoms with Crippen molar-refractivity contribution in [1.29, 1.82) is 0 Å². The standard InChI is InChI=1S/C10H15N3O.BrH/c1-12-7-4-11-9(12)8-10(14)13-5-2-3-6-13;/h4,7H,2-3,5-6,8H2,1H3;1H. The van der Waals surface area contributed by atoms with Crippen LogP contribution in [0, 0.1) is 0 Å². The molecule has 0 bridgehead atoms. The van der Waals surface area contributed by atoms with E-state index < -0.39 is 0 Å². The summed E-state index contributed by atoms with van der Waals surface area (Å²) in [5.74, 6) is 1.21. The minimum atomic E-state index is 0. The molecule has 0 saturated carbocycles. The monoisotopic (exact) mass is 273 g/mol. The molecule has 2 rings (SSSR count). The first-order valence-electron chi connectivity index (χ1n) is 5.07. The van der Waals surface area contributed by atoms with Crippen LogP contribution in [0.2, 0.25) is 0 Å². The smallest absolute Gasteiger partial charge is 0.263 e. The fraction of sp³-hybridized carbons (Fsp3) is 0.600. The molecule has 0 radical (unpaired) electrons. The Morgan fingerprint density at radius 3 is 2.73 bits per heavy atom. The molecule has 0 unspecified atom stereocenters. The fourth-order valence-corrected chi connectivity index (χ4v) is 1.83. The molecule has 15 heavy (non-hydrogen) atoms. The van der Waals surface area contributed by atoms with Crippen molar-refractivity contribution in [2.45, 2.75) is 19.3 Å². The van der Waals surface area contributed by atoms with Gasteiger partial charge in [-0.3, -0.25) is 4.79 Å². The molecule has 1 saturated heterocycles. The van der Waals surface area contributed by atoms with E-state index in [4.69, 9.17) is 0 Å². The molecule has 5 heteroatoms. The summed E-state index contributed by atoms with van der Waals surface area (Å²) in [5, 5.41) is 0. The fourth-order valence-electron chi connectivity index (χ4n) is 1.83. The lowest BCUT2D eigenvalue weighted by molar-refractivity contribution is -0.677. The van der Waals surface area contributed by atoms with Crippen LogP contribution in [-0.4, -0.2) is 28.9 Å². The number of likely N-dealkylation sites (tertiary alicyclic amines) is 1. The van der Waals surface area contributed by atoms with Gasteiger partial charge in [0.2, 0.25) is 5.91 Å². The lowest BCUT2D eigenvalue weighted by Crippen LogP contribution is -3.00. The highest BCUT2D eigenvalue weighted by molar-refractivity contribution is 5.77. The predicted octanol–water partition coefficient (Wildman–Crippen LogP) is -2.99. The molecular weight excluding hydrogens is 258 g/mol. The van der Waals surface area contributed by atoms with E-state index >= 15 is 0 Å². The van der Waals surface area contributed by atoms with Crippen LogP contribution in [0.3, 0.4) is 0 Å². The largest absolute Gasteiger partial charge is 1.00 e. The Bertz CT molecular complexity index is 331. The Hall–Kier alpha value is -0.840. The van der Waals surface area contributed by atoms with Crippen LogP contribution in [0.4, 0.5) is 0 Å². The second-order valence-corrected chi connectivity index (χ2v) is 3.78. The lowest BCUT2D eigenvalue weighted by Gasteiger charge is -2.13. The number of carbonyl (C=O) groups excluding carboxylic acids is 1. The number of nitrogens with one attached hydrogen (secondary N) is 1. The predicted molar refractivity (Wildman–Crippen MR) is 51.5 cm³/mol. The summed E-state index contributed by atoms with van der Waals surface area (Å²) in [5.41, 5.74) is 0. The second kappa shape index (κ2) is 5.30. The summed E-state index contributed by atoms with van der Waals surface area (Å²) in [7, 11) is 1.95. The van der Waals surface area contributed by atoms with E-state index in [-0.39, 0.29) is 22.9 Å². The average Bonchev–Trinajstić information content (AvgIpc) is 2.77. The number of aromatic amines is 1. The summed E-state index contributed by atoms with van der Waals surface area (Å²) >= 11 is 0. The summed E-state index contributed by atoms with van der Waals surface area (Å²) in [6, 6.07) is 0. The van der Waals surface area contributed by atoms with Crippen LogP contribution in [0.25, 0.3) is 0 Å². The van der Waals surface area contributed by atoms with Crippen molar-refractivity contribution in [3.05, 3.63) is 18.2 Å². The SMILES string of the molecule is C[n+]1cc[nH]c1CC(=O)N1CCCC1.[Br-]. The van der Waals surface area contributed by atoms with E-state index in [1.807, 2.05) is 28.9 Å². The third kappa shape index (κ3) is 2.81. The van der Waals surface area contributed by atoms with E-state index in [9.17, 15) is 4.79 Å². The number of nitrogens with zero attached hydrogens (tertiary/aromatic N) is 2. The minimum absolute atomic E-state index is 0. The topological polar surface area (TPSA) is 40.0 Å². The van der Waals surface area contributed by atoms with E-state index in [0.717, 1.165) is 31.8 Å². The van der Waals surface area contributed by atoms with Crippen molar-refractivity contribution in [2.24, 2.45) is 7.05 Å². The molecule has 1 N–H and O–H groups in total. The number of H-pyrrole nitrogens is 1. The molecule has 1 aliphatic rings. The van der Waals surface area contributed by atoms with Gasteiger partial charge in [0.15, 0.2) is 0 Å². The van der Waals surface area contributed by atoms with Crippen LogP contribution < -0.4 is 21.5 Å². The molecule has 84 valence electrons. The number of aryl methyl sites for hydroxylation is 1. The quantitative estimate of drug-likeness (QED) is 0.574. The highest BCUT2D eigenvalue weighted by atomic mass is 79.9. The molecule has 2 heterocycles. The van der Waals surface area contributed by atoms with Gasteiger partial charge in [-0.15, -0.1) is 0 Å². The van der Waals surface area contributed by atoms with Crippen molar-refractivity contribution in [3.63, 3.8) is 0 Å². The maximum Gasteiger partial charge on any atom is 0.263 e. The van der Waals surface area contributed by atoms with Gasteiger partial charge in [-0.25, -0.2) is 9.55 Å². The minimum Gasteiger partial charge on any atom is -1.00 e. The Morgan fingerprint density at radius 2 is 2.20 bits per heavy atom. The number of halogens is 1. The van der Waals surface area contributed by atoms with Crippen LogP contribution >= 0.6 is 0 Å². The van der Waals surface area contributed by atoms with Crippen molar-refractivity contribution in [1.82, 2.24) is 9.88 Å². The first kappa shape index (κ1) is 12.2. The zero-order chi connectivity index (χ0) is 9.97. The first-order chi connectivity index (χ1) is 6.77. The molecule has 1 aliphatic heterocycles. The maximum absolute atomic E-state index is 11.8. The molecule has 1 amide bonds. The highest BCUT2D eigenvalue weighted by Crippen LogP contribution is 2.08.